The van der Waals surface area contributed by atoms with E-state index in [1.807, 2.05) is 31.2 Å². The van der Waals surface area contributed by atoms with Crippen molar-refractivity contribution in [2.24, 2.45) is 5.92 Å². The molecule has 4 heteroatoms. The molecule has 1 fully saturated rings. The second-order valence-corrected chi connectivity index (χ2v) is 5.87. The van der Waals surface area contributed by atoms with Gasteiger partial charge in [-0.05, 0) is 49.9 Å². The molecule has 1 aliphatic carbocycles. The average molecular weight is 312 g/mol. The molecule has 0 aromatic heterocycles. The molecule has 0 heterocycles. The Labute approximate surface area is 116 Å². The number of halogens is 1. The Morgan fingerprint density at radius 1 is 1.56 bits per heavy atom. The number of hydrogen-bond acceptors (Lipinski definition) is 3. The molecular formula is C14H18BrNO2. The number of benzene rings is 1. The first-order valence-electron chi connectivity index (χ1n) is 6.16. The summed E-state index contributed by atoms with van der Waals surface area (Å²) in [5.41, 5.74) is 0.144. The maximum atomic E-state index is 12.1. The molecular weight excluding hydrogens is 294 g/mol. The minimum Gasteiger partial charge on any atom is -0.467 e. The second kappa shape index (κ2) is 5.41. The van der Waals surface area contributed by atoms with Gasteiger partial charge in [-0.25, -0.2) is 4.79 Å². The van der Waals surface area contributed by atoms with Crippen LogP contribution in [0.4, 0.5) is 0 Å². The first-order chi connectivity index (χ1) is 8.56. The fraction of sp³-hybridized carbons (Fsp3) is 0.500. The molecule has 1 N–H and O–H groups in total. The third-order valence-electron chi connectivity index (χ3n) is 3.44. The molecule has 0 spiro atoms. The molecule has 1 aromatic rings. The summed E-state index contributed by atoms with van der Waals surface area (Å²) in [6.07, 6.45) is 2.51. The topological polar surface area (TPSA) is 38.3 Å². The molecule has 2 rings (SSSR count). The van der Waals surface area contributed by atoms with E-state index in [4.69, 9.17) is 4.74 Å². The normalized spacial score (nSPS) is 18.2. The van der Waals surface area contributed by atoms with Crippen LogP contribution in [-0.2, 0) is 15.1 Å². The van der Waals surface area contributed by atoms with E-state index in [0.29, 0.717) is 5.92 Å². The van der Waals surface area contributed by atoms with Crippen LogP contribution in [0.15, 0.2) is 28.7 Å². The number of nitrogens with one attached hydrogen (secondary N) is 1. The van der Waals surface area contributed by atoms with Crippen molar-refractivity contribution >= 4 is 21.9 Å². The summed E-state index contributed by atoms with van der Waals surface area (Å²) in [5, 5.41) is 3.36. The third-order valence-corrected chi connectivity index (χ3v) is 3.93. The lowest BCUT2D eigenvalue weighted by Crippen LogP contribution is -2.48. The van der Waals surface area contributed by atoms with Crippen LogP contribution in [0.2, 0.25) is 0 Å². The Morgan fingerprint density at radius 3 is 2.83 bits per heavy atom. The number of hydrogen-bond donors (Lipinski definition) is 1. The molecule has 0 amide bonds. The van der Waals surface area contributed by atoms with Crippen molar-refractivity contribution in [3.63, 3.8) is 0 Å². The Balaban J connectivity index is 2.24. The van der Waals surface area contributed by atoms with Crippen LogP contribution in [-0.4, -0.2) is 19.6 Å². The molecule has 0 radical (unpaired) electrons. The van der Waals surface area contributed by atoms with Gasteiger partial charge in [-0.15, -0.1) is 0 Å². The highest BCUT2D eigenvalue weighted by molar-refractivity contribution is 9.10. The first-order valence-corrected chi connectivity index (χ1v) is 6.95. The lowest BCUT2D eigenvalue weighted by atomic mass is 9.92. The Hall–Kier alpha value is -0.870. The van der Waals surface area contributed by atoms with Gasteiger partial charge in [0.15, 0.2) is 0 Å². The van der Waals surface area contributed by atoms with E-state index < -0.39 is 5.54 Å². The summed E-state index contributed by atoms with van der Waals surface area (Å²) in [5.74, 6) is 0.461. The molecule has 1 unspecified atom stereocenters. The first kappa shape index (κ1) is 13.6. The monoisotopic (exact) mass is 311 g/mol. The summed E-state index contributed by atoms with van der Waals surface area (Å²) in [7, 11) is 1.43. The van der Waals surface area contributed by atoms with Gasteiger partial charge in [0, 0.05) is 4.47 Å². The van der Waals surface area contributed by atoms with Crippen molar-refractivity contribution in [1.29, 1.82) is 0 Å². The SMILES string of the molecule is COC(=O)C(C)(NCC1CC1)c1cccc(Br)c1. The Bertz CT molecular complexity index is 445. The van der Waals surface area contributed by atoms with E-state index in [0.717, 1.165) is 16.6 Å². The fourth-order valence-corrected chi connectivity index (χ4v) is 2.37. The fourth-order valence-electron chi connectivity index (χ4n) is 1.97. The van der Waals surface area contributed by atoms with E-state index in [1.165, 1.54) is 20.0 Å². The van der Waals surface area contributed by atoms with Gasteiger partial charge in [0.1, 0.15) is 5.54 Å². The number of carbonyl (C=O) groups excluding carboxylic acids is 1. The maximum absolute atomic E-state index is 12.1. The second-order valence-electron chi connectivity index (χ2n) is 4.95. The van der Waals surface area contributed by atoms with Gasteiger partial charge in [0.05, 0.1) is 7.11 Å². The van der Waals surface area contributed by atoms with Crippen molar-refractivity contribution in [3.8, 4) is 0 Å². The molecule has 0 bridgehead atoms. The molecule has 0 saturated heterocycles. The van der Waals surface area contributed by atoms with Crippen LogP contribution in [0.1, 0.15) is 25.3 Å². The maximum Gasteiger partial charge on any atom is 0.330 e. The van der Waals surface area contributed by atoms with Crippen LogP contribution in [0, 0.1) is 5.92 Å². The van der Waals surface area contributed by atoms with E-state index in [9.17, 15) is 4.79 Å². The third kappa shape index (κ3) is 2.93. The highest BCUT2D eigenvalue weighted by atomic mass is 79.9. The highest BCUT2D eigenvalue weighted by Crippen LogP contribution is 2.31. The van der Waals surface area contributed by atoms with E-state index in [1.54, 1.807) is 0 Å². The van der Waals surface area contributed by atoms with Gasteiger partial charge in [0.25, 0.3) is 0 Å². The van der Waals surface area contributed by atoms with Crippen molar-refractivity contribution in [3.05, 3.63) is 34.3 Å². The molecule has 98 valence electrons. The van der Waals surface area contributed by atoms with E-state index >= 15 is 0 Å². The standard InChI is InChI=1S/C14H18BrNO2/c1-14(13(17)18-2,16-9-10-6-7-10)11-4-3-5-12(15)8-11/h3-5,8,10,16H,6-7,9H2,1-2H3. The van der Waals surface area contributed by atoms with Crippen molar-refractivity contribution in [2.45, 2.75) is 25.3 Å². The lowest BCUT2D eigenvalue weighted by molar-refractivity contribution is -0.148. The van der Waals surface area contributed by atoms with Crippen LogP contribution < -0.4 is 5.32 Å². The summed E-state index contributed by atoms with van der Waals surface area (Å²) < 4.78 is 5.91. The molecule has 1 aromatic carbocycles. The van der Waals surface area contributed by atoms with Crippen LogP contribution >= 0.6 is 15.9 Å². The van der Waals surface area contributed by atoms with Gasteiger partial charge in [0.2, 0.25) is 0 Å². The summed E-state index contributed by atoms with van der Waals surface area (Å²) in [6.45, 7) is 2.74. The van der Waals surface area contributed by atoms with Gasteiger partial charge >= 0.3 is 5.97 Å². The number of esters is 1. The van der Waals surface area contributed by atoms with Crippen molar-refractivity contribution in [1.82, 2.24) is 5.32 Å². The lowest BCUT2D eigenvalue weighted by Gasteiger charge is -2.28. The van der Waals surface area contributed by atoms with Gasteiger partial charge in [-0.3, -0.25) is 5.32 Å². The number of methoxy groups -OCH3 is 1. The molecule has 3 nitrogen and oxygen atoms in total. The predicted molar refractivity (Wildman–Crippen MR) is 74.2 cm³/mol. The van der Waals surface area contributed by atoms with Crippen LogP contribution in [0.25, 0.3) is 0 Å². The van der Waals surface area contributed by atoms with Gasteiger partial charge in [-0.2, -0.15) is 0 Å². The minimum absolute atomic E-state index is 0.249. The molecule has 1 aliphatic rings. The minimum atomic E-state index is -0.777. The van der Waals surface area contributed by atoms with Crippen molar-refractivity contribution < 1.29 is 9.53 Å². The zero-order valence-electron chi connectivity index (χ0n) is 10.7. The van der Waals surface area contributed by atoms with Crippen LogP contribution in [0.3, 0.4) is 0 Å². The number of carbonyl (C=O) groups is 1. The molecule has 1 saturated carbocycles. The van der Waals surface area contributed by atoms with E-state index in [-0.39, 0.29) is 5.97 Å². The summed E-state index contributed by atoms with van der Waals surface area (Å²) in [6, 6.07) is 7.78. The molecule has 0 aliphatic heterocycles. The largest absolute Gasteiger partial charge is 0.467 e. The smallest absolute Gasteiger partial charge is 0.330 e. The molecule has 18 heavy (non-hydrogen) atoms. The highest BCUT2D eigenvalue weighted by Gasteiger charge is 2.37. The van der Waals surface area contributed by atoms with Gasteiger partial charge < -0.3 is 4.74 Å². The van der Waals surface area contributed by atoms with Crippen LogP contribution in [0.5, 0.6) is 0 Å². The van der Waals surface area contributed by atoms with E-state index in [2.05, 4.69) is 21.2 Å². The van der Waals surface area contributed by atoms with Crippen molar-refractivity contribution in [2.75, 3.05) is 13.7 Å². The average Bonchev–Trinajstić information content (AvgIpc) is 3.19. The zero-order chi connectivity index (χ0) is 13.2. The molecule has 1 atom stereocenters. The number of ether oxygens (including phenoxy) is 1. The summed E-state index contributed by atoms with van der Waals surface area (Å²) >= 11 is 3.44. The Morgan fingerprint density at radius 2 is 2.28 bits per heavy atom. The number of rotatable bonds is 5. The van der Waals surface area contributed by atoms with Gasteiger partial charge in [-0.1, -0.05) is 28.1 Å². The Kier molecular flexibility index (Phi) is 4.07. The zero-order valence-corrected chi connectivity index (χ0v) is 12.3. The summed E-state index contributed by atoms with van der Waals surface area (Å²) in [4.78, 5) is 12.1. The predicted octanol–water partition coefficient (Wildman–Crippen LogP) is 2.84. The quantitative estimate of drug-likeness (QED) is 0.850.